The van der Waals surface area contributed by atoms with Gasteiger partial charge in [-0.25, -0.2) is 4.98 Å². The number of ether oxygens (including phenoxy) is 1. The predicted molar refractivity (Wildman–Crippen MR) is 130 cm³/mol. The van der Waals surface area contributed by atoms with Crippen LogP contribution in [0, 0.1) is 30.1 Å². The Morgan fingerprint density at radius 2 is 1.97 bits per heavy atom. The summed E-state index contributed by atoms with van der Waals surface area (Å²) in [5.74, 6) is 0.704. The number of fused-ring (bicyclic) bond motifs is 1. The first-order valence-corrected chi connectivity index (χ1v) is 12.7. The first-order chi connectivity index (χ1) is 16.9. The highest BCUT2D eigenvalue weighted by Crippen LogP contribution is 2.51. The van der Waals surface area contributed by atoms with Crippen LogP contribution in [0.5, 0.6) is 0 Å². The number of nitrogens with zero attached hydrogens (tertiary/aromatic N) is 3. The number of hydrogen-bond acceptors (Lipinski definition) is 6. The van der Waals surface area contributed by atoms with Gasteiger partial charge >= 0.3 is 12.1 Å². The maximum Gasteiger partial charge on any atom is 0.417 e. The van der Waals surface area contributed by atoms with E-state index in [9.17, 15) is 23.1 Å². The fraction of sp³-hybridized carbons (Fsp3) is 0.667. The van der Waals surface area contributed by atoms with Gasteiger partial charge in [-0.1, -0.05) is 19.9 Å². The molecule has 2 radical (unpaired) electrons. The minimum absolute atomic E-state index is 0.0214. The lowest BCUT2D eigenvalue weighted by molar-refractivity contribution is -0.148. The number of piperazine rings is 1. The number of hydrogen-bond donors (Lipinski definition) is 1. The van der Waals surface area contributed by atoms with E-state index in [2.05, 4.69) is 29.3 Å². The molecule has 1 N–H and O–H groups in total. The van der Waals surface area contributed by atoms with Crippen LogP contribution >= 0.6 is 0 Å². The van der Waals surface area contributed by atoms with E-state index >= 15 is 0 Å². The lowest BCUT2D eigenvalue weighted by Crippen LogP contribution is -2.57. The van der Waals surface area contributed by atoms with Crippen LogP contribution in [0.1, 0.15) is 46.1 Å². The Morgan fingerprint density at radius 1 is 1.28 bits per heavy atom. The van der Waals surface area contributed by atoms with Gasteiger partial charge < -0.3 is 14.7 Å². The second kappa shape index (κ2) is 10.3. The number of aliphatic hydroxyl groups is 1. The summed E-state index contributed by atoms with van der Waals surface area (Å²) in [5.41, 5.74) is -0.964. The maximum atomic E-state index is 12.8. The fourth-order valence-electron chi connectivity index (χ4n) is 6.05. The fourth-order valence-corrected chi connectivity index (χ4v) is 6.05. The molecule has 6 atom stereocenters. The number of pyridine rings is 1. The summed E-state index contributed by atoms with van der Waals surface area (Å²) in [6.07, 6.45) is 3.11. The average molecular weight is 508 g/mol. The number of carbonyl (C=O) groups excluding carboxylic acids is 1. The minimum atomic E-state index is -4.38. The van der Waals surface area contributed by atoms with Crippen LogP contribution in [-0.2, 0) is 15.7 Å². The van der Waals surface area contributed by atoms with Crippen LogP contribution in [0.25, 0.3) is 0 Å². The molecule has 36 heavy (non-hydrogen) atoms. The molecule has 0 unspecified atom stereocenters. The van der Waals surface area contributed by atoms with E-state index in [4.69, 9.17) is 4.74 Å². The number of aromatic nitrogens is 1. The second-order valence-corrected chi connectivity index (χ2v) is 10.7. The van der Waals surface area contributed by atoms with E-state index < -0.39 is 23.4 Å². The number of alkyl halides is 3. The van der Waals surface area contributed by atoms with Gasteiger partial charge in [0.25, 0.3) is 0 Å². The first-order valence-electron chi connectivity index (χ1n) is 12.7. The van der Waals surface area contributed by atoms with Crippen molar-refractivity contribution in [3.8, 4) is 0 Å². The maximum absolute atomic E-state index is 12.8. The molecule has 3 aliphatic rings. The second-order valence-electron chi connectivity index (χ2n) is 10.7. The zero-order chi connectivity index (χ0) is 26.3. The molecule has 2 aliphatic carbocycles. The number of rotatable bonds is 5. The Labute approximate surface area is 211 Å². The zero-order valence-electron chi connectivity index (χ0n) is 21.4. The molecule has 0 bridgehead atoms. The molecule has 6 nitrogen and oxygen atoms in total. The molecule has 198 valence electrons. The number of anilines is 1. The first kappa shape index (κ1) is 26.9. The summed E-state index contributed by atoms with van der Waals surface area (Å²) < 4.78 is 43.9. The predicted octanol–water partition coefficient (Wildman–Crippen LogP) is 4.22. The molecule has 1 saturated heterocycles. The Bertz CT molecular complexity index is 959. The van der Waals surface area contributed by atoms with Crippen molar-refractivity contribution in [2.75, 3.05) is 37.6 Å². The van der Waals surface area contributed by atoms with E-state index in [1.165, 1.54) is 13.0 Å². The third-order valence-corrected chi connectivity index (χ3v) is 8.20. The molecule has 1 aliphatic heterocycles. The van der Waals surface area contributed by atoms with Crippen molar-refractivity contribution < 1.29 is 27.8 Å². The molecular weight excluding hydrogens is 471 g/mol. The van der Waals surface area contributed by atoms with Crippen molar-refractivity contribution in [3.63, 3.8) is 0 Å². The van der Waals surface area contributed by atoms with E-state index in [1.807, 2.05) is 18.7 Å². The van der Waals surface area contributed by atoms with Crippen LogP contribution in [0.3, 0.4) is 0 Å². The molecule has 9 heteroatoms. The lowest BCUT2D eigenvalue weighted by atomic mass is 9.57. The Hall–Kier alpha value is -2.13. The molecule has 0 amide bonds. The van der Waals surface area contributed by atoms with Gasteiger partial charge in [0.05, 0.1) is 17.6 Å². The summed E-state index contributed by atoms with van der Waals surface area (Å²) in [6.45, 7) is 11.4. The summed E-state index contributed by atoms with van der Waals surface area (Å²) in [4.78, 5) is 20.0. The molecule has 2 heterocycles. The van der Waals surface area contributed by atoms with Crippen molar-refractivity contribution in [1.29, 1.82) is 0 Å². The molecule has 1 aromatic heterocycles. The molecule has 4 rings (SSSR count). The SMILES string of the molecule is CC(=O)O[C@@H]1[C][C@@]2(O)[C@H](C)CC[C@@H]([C@@H](C)CN3CCN(c4ccc(C(F)(F)F)cn4)CC3)[C@H]2C=C1C. The van der Waals surface area contributed by atoms with Gasteiger partial charge in [0.15, 0.2) is 0 Å². The Balaban J connectivity index is 1.37. The Kier molecular flexibility index (Phi) is 7.72. The minimum Gasteiger partial charge on any atom is -0.457 e. The molecule has 0 aromatic carbocycles. The van der Waals surface area contributed by atoms with Crippen LogP contribution in [0.4, 0.5) is 19.0 Å². The van der Waals surface area contributed by atoms with Gasteiger partial charge in [-0.15, -0.1) is 0 Å². The quantitative estimate of drug-likeness (QED) is 0.476. The van der Waals surface area contributed by atoms with Crippen LogP contribution in [0.15, 0.2) is 30.0 Å². The van der Waals surface area contributed by atoms with E-state index in [0.717, 1.165) is 50.3 Å². The third kappa shape index (κ3) is 5.57. The average Bonchev–Trinajstić information content (AvgIpc) is 2.81. The highest BCUT2D eigenvalue weighted by molar-refractivity contribution is 5.66. The van der Waals surface area contributed by atoms with E-state index in [1.54, 1.807) is 0 Å². The lowest BCUT2D eigenvalue weighted by Gasteiger charge is -2.53. The summed E-state index contributed by atoms with van der Waals surface area (Å²) in [5, 5.41) is 11.7. The highest BCUT2D eigenvalue weighted by atomic mass is 19.4. The van der Waals surface area contributed by atoms with E-state index in [0.29, 0.717) is 24.8 Å². The standard InChI is InChI=1S/C27H36F3N3O3/c1-17-13-23-22(7-5-19(3)26(23,35)14-24(17)36-20(4)34)18(2)16-32-9-11-33(12-10-32)25-8-6-21(15-31-25)27(28,29)30/h6,8,13,15,18-19,22-24,35H,5,7,9-12,16H2,1-4H3/t18-,19+,22-,23+,24+,26+/m0/s1. The van der Waals surface area contributed by atoms with Crippen molar-refractivity contribution in [3.05, 3.63) is 42.0 Å². The highest BCUT2D eigenvalue weighted by Gasteiger charge is 2.53. The van der Waals surface area contributed by atoms with Gasteiger partial charge in [-0.05, 0) is 55.2 Å². The van der Waals surface area contributed by atoms with Gasteiger partial charge in [-0.2, -0.15) is 13.2 Å². The van der Waals surface area contributed by atoms with Crippen LogP contribution < -0.4 is 4.90 Å². The Morgan fingerprint density at radius 3 is 2.56 bits per heavy atom. The molecule has 2 fully saturated rings. The van der Waals surface area contributed by atoms with Crippen molar-refractivity contribution >= 4 is 11.8 Å². The van der Waals surface area contributed by atoms with Crippen LogP contribution in [0.2, 0.25) is 0 Å². The van der Waals surface area contributed by atoms with Gasteiger partial charge in [0, 0.05) is 51.8 Å². The van der Waals surface area contributed by atoms with Crippen molar-refractivity contribution in [2.24, 2.45) is 23.7 Å². The number of halogens is 3. The van der Waals surface area contributed by atoms with Gasteiger partial charge in [-0.3, -0.25) is 9.69 Å². The summed E-state index contributed by atoms with van der Waals surface area (Å²) in [7, 11) is 0. The normalized spacial score (nSPS) is 32.4. The number of carbonyl (C=O) groups is 1. The third-order valence-electron chi connectivity index (χ3n) is 8.20. The van der Waals surface area contributed by atoms with Gasteiger partial charge in [0.1, 0.15) is 11.9 Å². The monoisotopic (exact) mass is 507 g/mol. The number of esters is 1. The summed E-state index contributed by atoms with van der Waals surface area (Å²) in [6, 6.07) is 2.53. The molecule has 0 spiro atoms. The van der Waals surface area contributed by atoms with Crippen molar-refractivity contribution in [2.45, 2.75) is 58.4 Å². The zero-order valence-corrected chi connectivity index (χ0v) is 21.4. The molecular formula is C27H36F3N3O3. The van der Waals surface area contributed by atoms with Crippen molar-refractivity contribution in [1.82, 2.24) is 9.88 Å². The summed E-state index contributed by atoms with van der Waals surface area (Å²) >= 11 is 0. The molecule has 1 aromatic rings. The van der Waals surface area contributed by atoms with Gasteiger partial charge in [0.2, 0.25) is 0 Å². The molecule has 1 saturated carbocycles. The topological polar surface area (TPSA) is 65.9 Å². The smallest absolute Gasteiger partial charge is 0.417 e. The van der Waals surface area contributed by atoms with E-state index in [-0.39, 0.29) is 23.7 Å². The van der Waals surface area contributed by atoms with Crippen LogP contribution in [-0.4, -0.2) is 65.4 Å². The largest absolute Gasteiger partial charge is 0.457 e.